The molecule has 5 heteroatoms. The molecule has 0 saturated heterocycles. The van der Waals surface area contributed by atoms with Crippen LogP contribution in [-0.2, 0) is 6.54 Å². The van der Waals surface area contributed by atoms with E-state index in [0.29, 0.717) is 6.54 Å². The van der Waals surface area contributed by atoms with Gasteiger partial charge in [0.1, 0.15) is 17.4 Å². The molecule has 0 aromatic heterocycles. The van der Waals surface area contributed by atoms with E-state index >= 15 is 0 Å². The number of aryl methyl sites for hydroxylation is 2. The normalized spacial score (nSPS) is 10.7. The molecule has 2 nitrogen and oxygen atoms in total. The highest BCUT2D eigenvalue weighted by Gasteiger charge is 2.09. The van der Waals surface area contributed by atoms with E-state index in [1.54, 1.807) is 13.8 Å². The summed E-state index contributed by atoms with van der Waals surface area (Å²) < 4.78 is 27.1. The fraction of sp³-hybridized carbons (Fsp3) is 0.200. The minimum absolute atomic E-state index is 0.0943. The number of halogens is 3. The van der Waals surface area contributed by atoms with Crippen molar-refractivity contribution in [2.45, 2.75) is 20.4 Å². The first-order valence-corrected chi connectivity index (χ1v) is 6.85. The van der Waals surface area contributed by atoms with Crippen molar-refractivity contribution in [1.29, 1.82) is 0 Å². The fourth-order valence-electron chi connectivity index (χ4n) is 2.00. The van der Waals surface area contributed by atoms with Gasteiger partial charge in [-0.1, -0.05) is 12.1 Å². The lowest BCUT2D eigenvalue weighted by atomic mass is 10.1. The van der Waals surface area contributed by atoms with E-state index in [0.717, 1.165) is 28.8 Å². The monoisotopic (exact) mass is 341 g/mol. The summed E-state index contributed by atoms with van der Waals surface area (Å²) in [5.41, 5.74) is 2.50. The summed E-state index contributed by atoms with van der Waals surface area (Å²) in [6.45, 7) is 3.94. The molecule has 0 spiro atoms. The second kappa shape index (κ2) is 5.79. The third-order valence-electron chi connectivity index (χ3n) is 3.04. The summed E-state index contributed by atoms with van der Waals surface area (Å²) in [7, 11) is 0. The Morgan fingerprint density at radius 2 is 1.65 bits per heavy atom. The van der Waals surface area contributed by atoms with Gasteiger partial charge in [0.25, 0.3) is 0 Å². The molecule has 0 radical (unpaired) electrons. The van der Waals surface area contributed by atoms with Crippen molar-refractivity contribution >= 4 is 21.6 Å². The first-order chi connectivity index (χ1) is 9.38. The summed E-state index contributed by atoms with van der Waals surface area (Å²) in [6, 6.07) is 5.81. The Kier molecular flexibility index (Phi) is 4.28. The van der Waals surface area contributed by atoms with E-state index in [9.17, 15) is 13.9 Å². The Morgan fingerprint density at radius 1 is 1.05 bits per heavy atom. The minimum atomic E-state index is -0.523. The second-order valence-corrected chi connectivity index (χ2v) is 5.53. The Morgan fingerprint density at radius 3 is 2.25 bits per heavy atom. The summed E-state index contributed by atoms with van der Waals surface area (Å²) in [5, 5.41) is 12.5. The fourth-order valence-corrected chi connectivity index (χ4v) is 2.32. The van der Waals surface area contributed by atoms with Crippen LogP contribution in [0.25, 0.3) is 0 Å². The zero-order valence-electron chi connectivity index (χ0n) is 11.1. The standard InChI is InChI=1S/C15H14BrF2NO/c1-8-3-10(4-9(2)15(8)20)7-19-14-6-12(17)11(16)5-13(14)18/h3-6,19-20H,7H2,1-2H3. The molecular weight excluding hydrogens is 328 g/mol. The van der Waals surface area contributed by atoms with Crippen LogP contribution < -0.4 is 5.32 Å². The molecule has 0 atom stereocenters. The molecule has 2 N–H and O–H groups in total. The summed E-state index contributed by atoms with van der Waals surface area (Å²) in [5.74, 6) is -0.785. The molecular formula is C15H14BrF2NO. The lowest BCUT2D eigenvalue weighted by Crippen LogP contribution is -2.03. The van der Waals surface area contributed by atoms with Crippen molar-refractivity contribution in [3.63, 3.8) is 0 Å². The molecule has 0 amide bonds. The molecule has 0 aliphatic rings. The van der Waals surface area contributed by atoms with Gasteiger partial charge in [0, 0.05) is 12.6 Å². The Labute approximate surface area is 124 Å². The lowest BCUT2D eigenvalue weighted by Gasteiger charge is -2.11. The number of rotatable bonds is 3. The molecule has 2 aromatic rings. The quantitative estimate of drug-likeness (QED) is 0.795. The highest BCUT2D eigenvalue weighted by atomic mass is 79.9. The van der Waals surface area contributed by atoms with Crippen molar-refractivity contribution in [2.24, 2.45) is 0 Å². The van der Waals surface area contributed by atoms with E-state index in [2.05, 4.69) is 21.2 Å². The molecule has 106 valence electrons. The lowest BCUT2D eigenvalue weighted by molar-refractivity contribution is 0.466. The van der Waals surface area contributed by atoms with Gasteiger partial charge in [0.05, 0.1) is 10.2 Å². The maximum atomic E-state index is 13.7. The maximum Gasteiger partial charge on any atom is 0.147 e. The zero-order chi connectivity index (χ0) is 14.9. The largest absolute Gasteiger partial charge is 0.507 e. The molecule has 20 heavy (non-hydrogen) atoms. The van der Waals surface area contributed by atoms with Gasteiger partial charge in [-0.05, 0) is 52.5 Å². The number of phenolic OH excluding ortho intramolecular Hbond substituents is 1. The van der Waals surface area contributed by atoms with Crippen LogP contribution in [0.15, 0.2) is 28.7 Å². The summed E-state index contributed by atoms with van der Waals surface area (Å²) in [4.78, 5) is 0. The van der Waals surface area contributed by atoms with Crippen LogP contribution >= 0.6 is 15.9 Å². The van der Waals surface area contributed by atoms with Gasteiger partial charge >= 0.3 is 0 Å². The van der Waals surface area contributed by atoms with E-state index in [1.165, 1.54) is 0 Å². The number of nitrogens with one attached hydrogen (secondary N) is 1. The Hall–Kier alpha value is -1.62. The first kappa shape index (κ1) is 14.8. The summed E-state index contributed by atoms with van der Waals surface area (Å²) >= 11 is 2.93. The number of hydrogen-bond donors (Lipinski definition) is 2. The molecule has 2 rings (SSSR count). The molecule has 0 unspecified atom stereocenters. The number of aromatic hydroxyl groups is 1. The predicted molar refractivity (Wildman–Crippen MR) is 79.0 cm³/mol. The summed E-state index contributed by atoms with van der Waals surface area (Å²) in [6.07, 6.45) is 0. The average Bonchev–Trinajstić information content (AvgIpc) is 2.38. The van der Waals surface area contributed by atoms with Gasteiger partial charge in [0.15, 0.2) is 0 Å². The number of benzene rings is 2. The van der Waals surface area contributed by atoms with Gasteiger partial charge in [-0.3, -0.25) is 0 Å². The SMILES string of the molecule is Cc1cc(CNc2cc(F)c(Br)cc2F)cc(C)c1O. The van der Waals surface area contributed by atoms with Crippen molar-refractivity contribution in [1.82, 2.24) is 0 Å². The van der Waals surface area contributed by atoms with E-state index in [-0.39, 0.29) is 15.9 Å². The highest BCUT2D eigenvalue weighted by Crippen LogP contribution is 2.26. The highest BCUT2D eigenvalue weighted by molar-refractivity contribution is 9.10. The smallest absolute Gasteiger partial charge is 0.147 e. The van der Waals surface area contributed by atoms with Crippen molar-refractivity contribution < 1.29 is 13.9 Å². The van der Waals surface area contributed by atoms with E-state index in [1.807, 2.05) is 12.1 Å². The van der Waals surface area contributed by atoms with Crippen molar-refractivity contribution in [3.8, 4) is 5.75 Å². The molecule has 0 aliphatic carbocycles. The topological polar surface area (TPSA) is 32.3 Å². The zero-order valence-corrected chi connectivity index (χ0v) is 12.7. The number of anilines is 1. The van der Waals surface area contributed by atoms with Crippen LogP contribution in [0.5, 0.6) is 5.75 Å². The molecule has 0 aliphatic heterocycles. The molecule has 0 bridgehead atoms. The van der Waals surface area contributed by atoms with Crippen molar-refractivity contribution in [2.75, 3.05) is 5.32 Å². The van der Waals surface area contributed by atoms with E-state index in [4.69, 9.17) is 0 Å². The van der Waals surface area contributed by atoms with Crippen LogP contribution in [0.1, 0.15) is 16.7 Å². The van der Waals surface area contributed by atoms with Gasteiger partial charge in [-0.15, -0.1) is 0 Å². The maximum absolute atomic E-state index is 13.7. The van der Waals surface area contributed by atoms with Crippen molar-refractivity contribution in [3.05, 3.63) is 57.1 Å². The van der Waals surface area contributed by atoms with Crippen LogP contribution in [0.3, 0.4) is 0 Å². The number of phenols is 1. The van der Waals surface area contributed by atoms with Crippen LogP contribution in [0.2, 0.25) is 0 Å². The predicted octanol–water partition coefficient (Wildman–Crippen LogP) is 4.66. The third kappa shape index (κ3) is 3.10. The molecule has 0 saturated carbocycles. The van der Waals surface area contributed by atoms with E-state index < -0.39 is 11.6 Å². The Bertz CT molecular complexity index is 636. The van der Waals surface area contributed by atoms with Crippen LogP contribution in [0.4, 0.5) is 14.5 Å². The number of hydrogen-bond acceptors (Lipinski definition) is 2. The third-order valence-corrected chi connectivity index (χ3v) is 3.65. The average molecular weight is 342 g/mol. The Balaban J connectivity index is 2.19. The van der Waals surface area contributed by atoms with Crippen LogP contribution in [0, 0.1) is 25.5 Å². The molecule has 0 fully saturated rings. The molecule has 2 aromatic carbocycles. The van der Waals surface area contributed by atoms with Gasteiger partial charge in [-0.25, -0.2) is 8.78 Å². The van der Waals surface area contributed by atoms with Gasteiger partial charge < -0.3 is 10.4 Å². The van der Waals surface area contributed by atoms with Gasteiger partial charge in [-0.2, -0.15) is 0 Å². The van der Waals surface area contributed by atoms with Crippen LogP contribution in [-0.4, -0.2) is 5.11 Å². The van der Waals surface area contributed by atoms with Gasteiger partial charge in [0.2, 0.25) is 0 Å². The minimum Gasteiger partial charge on any atom is -0.507 e. The first-order valence-electron chi connectivity index (χ1n) is 6.06. The molecule has 0 heterocycles. The second-order valence-electron chi connectivity index (χ2n) is 4.68.